The molecule has 0 aliphatic heterocycles. The molecule has 0 N–H and O–H groups in total. The number of anilines is 1. The summed E-state index contributed by atoms with van der Waals surface area (Å²) in [7, 11) is -2.94. The molecule has 0 fully saturated rings. The van der Waals surface area contributed by atoms with Gasteiger partial charge < -0.3 is 4.74 Å². The number of sulfonamides is 1. The highest BCUT2D eigenvalue weighted by molar-refractivity contribution is 7.92. The number of ether oxygens (including phenoxy) is 1. The van der Waals surface area contributed by atoms with Crippen molar-refractivity contribution in [3.8, 4) is 0 Å². The van der Waals surface area contributed by atoms with Crippen LogP contribution in [-0.2, 0) is 19.6 Å². The molecule has 8 nitrogen and oxygen atoms in total. The SMILES string of the molecule is COC(=O)CN(c1ccc(C)cc1)S(=O)(=O)c1ccc([N+](=O)[O-])cc1. The summed E-state index contributed by atoms with van der Waals surface area (Å²) in [5.74, 6) is -0.730. The number of esters is 1. The van der Waals surface area contributed by atoms with Crippen LogP contribution in [-0.4, -0.2) is 33.0 Å². The fraction of sp³-hybridized carbons (Fsp3) is 0.188. The Hall–Kier alpha value is -2.94. The molecule has 0 aromatic heterocycles. The van der Waals surface area contributed by atoms with Gasteiger partial charge in [0.1, 0.15) is 6.54 Å². The molecule has 0 amide bonds. The minimum atomic E-state index is -4.10. The predicted octanol–water partition coefficient (Wildman–Crippen LogP) is 2.27. The van der Waals surface area contributed by atoms with Gasteiger partial charge in [0.2, 0.25) is 0 Å². The van der Waals surface area contributed by atoms with E-state index in [1.807, 2.05) is 6.92 Å². The van der Waals surface area contributed by atoms with Gasteiger partial charge in [0.05, 0.1) is 22.6 Å². The molecule has 0 unspecified atom stereocenters. The maximum atomic E-state index is 12.9. The van der Waals surface area contributed by atoms with Crippen molar-refractivity contribution in [1.29, 1.82) is 0 Å². The van der Waals surface area contributed by atoms with Gasteiger partial charge in [-0.1, -0.05) is 17.7 Å². The third-order valence-electron chi connectivity index (χ3n) is 3.46. The number of rotatable bonds is 6. The van der Waals surface area contributed by atoms with E-state index in [-0.39, 0.29) is 16.3 Å². The summed E-state index contributed by atoms with van der Waals surface area (Å²) in [5.41, 5.74) is 0.984. The van der Waals surface area contributed by atoms with Crippen LogP contribution < -0.4 is 4.31 Å². The maximum Gasteiger partial charge on any atom is 0.326 e. The van der Waals surface area contributed by atoms with Crippen molar-refractivity contribution < 1.29 is 22.9 Å². The number of methoxy groups -OCH3 is 1. The summed E-state index contributed by atoms with van der Waals surface area (Å²) in [6, 6.07) is 11.0. The zero-order valence-corrected chi connectivity index (χ0v) is 14.4. The molecule has 2 rings (SSSR count). The van der Waals surface area contributed by atoms with Crippen molar-refractivity contribution in [2.75, 3.05) is 18.0 Å². The molecule has 0 aliphatic rings. The van der Waals surface area contributed by atoms with Crippen LogP contribution in [0.2, 0.25) is 0 Å². The van der Waals surface area contributed by atoms with Gasteiger partial charge in [-0.05, 0) is 31.2 Å². The van der Waals surface area contributed by atoms with Crippen LogP contribution in [0.5, 0.6) is 0 Å². The Morgan fingerprint density at radius 2 is 1.68 bits per heavy atom. The molecule has 0 radical (unpaired) electrons. The zero-order valence-electron chi connectivity index (χ0n) is 13.6. The first-order valence-electron chi connectivity index (χ1n) is 7.16. The maximum absolute atomic E-state index is 12.9. The van der Waals surface area contributed by atoms with Crippen molar-refractivity contribution >= 4 is 27.4 Å². The van der Waals surface area contributed by atoms with E-state index in [2.05, 4.69) is 4.74 Å². The van der Waals surface area contributed by atoms with Crippen molar-refractivity contribution in [1.82, 2.24) is 0 Å². The van der Waals surface area contributed by atoms with E-state index in [9.17, 15) is 23.3 Å². The van der Waals surface area contributed by atoms with Gasteiger partial charge >= 0.3 is 5.97 Å². The largest absolute Gasteiger partial charge is 0.468 e. The van der Waals surface area contributed by atoms with Crippen LogP contribution in [0, 0.1) is 17.0 Å². The topological polar surface area (TPSA) is 107 Å². The first-order chi connectivity index (χ1) is 11.8. The number of aryl methyl sites for hydroxylation is 1. The van der Waals surface area contributed by atoms with E-state index in [1.165, 1.54) is 0 Å². The molecule has 2 aromatic carbocycles. The van der Waals surface area contributed by atoms with E-state index in [4.69, 9.17) is 0 Å². The molecule has 25 heavy (non-hydrogen) atoms. The smallest absolute Gasteiger partial charge is 0.326 e. The van der Waals surface area contributed by atoms with Crippen molar-refractivity contribution in [2.24, 2.45) is 0 Å². The number of non-ortho nitro benzene ring substituents is 1. The first-order valence-corrected chi connectivity index (χ1v) is 8.60. The fourth-order valence-electron chi connectivity index (χ4n) is 2.07. The number of carbonyl (C=O) groups is 1. The lowest BCUT2D eigenvalue weighted by Crippen LogP contribution is -2.36. The number of nitro benzene ring substituents is 1. The van der Waals surface area contributed by atoms with Crippen LogP contribution in [0.25, 0.3) is 0 Å². The lowest BCUT2D eigenvalue weighted by atomic mass is 10.2. The number of hydrogen-bond donors (Lipinski definition) is 0. The van der Waals surface area contributed by atoms with Crippen molar-refractivity contribution in [3.05, 3.63) is 64.2 Å². The second-order valence-electron chi connectivity index (χ2n) is 5.17. The second kappa shape index (κ2) is 7.31. The molecule has 0 saturated heterocycles. The summed E-state index contributed by atoms with van der Waals surface area (Å²) in [6.45, 7) is 1.33. The van der Waals surface area contributed by atoms with Gasteiger partial charge in [0.25, 0.3) is 15.7 Å². The summed E-state index contributed by atoms with van der Waals surface area (Å²) in [6.07, 6.45) is 0. The van der Waals surface area contributed by atoms with E-state index in [0.29, 0.717) is 0 Å². The molecule has 2 aromatic rings. The Kier molecular flexibility index (Phi) is 5.38. The third kappa shape index (κ3) is 4.13. The molecule has 0 spiro atoms. The lowest BCUT2D eigenvalue weighted by Gasteiger charge is -2.23. The van der Waals surface area contributed by atoms with E-state index in [1.54, 1.807) is 24.3 Å². The Labute approximate surface area is 144 Å². The standard InChI is InChI=1S/C16H16N2O6S/c1-12-3-5-13(6-4-12)17(11-16(19)24-2)25(22,23)15-9-7-14(8-10-15)18(20)21/h3-10H,11H2,1-2H3. The highest BCUT2D eigenvalue weighted by atomic mass is 32.2. The minimum absolute atomic E-state index is 0.164. The molecule has 9 heteroatoms. The Morgan fingerprint density at radius 1 is 1.12 bits per heavy atom. The van der Waals surface area contributed by atoms with E-state index in [0.717, 1.165) is 41.2 Å². The van der Waals surface area contributed by atoms with Crippen LogP contribution in [0.4, 0.5) is 11.4 Å². The summed E-state index contributed by atoms with van der Waals surface area (Å²) >= 11 is 0. The van der Waals surface area contributed by atoms with Crippen molar-refractivity contribution in [2.45, 2.75) is 11.8 Å². The predicted molar refractivity (Wildman–Crippen MR) is 90.8 cm³/mol. The van der Waals surface area contributed by atoms with Crippen LogP contribution in [0.1, 0.15) is 5.56 Å². The zero-order chi connectivity index (χ0) is 18.6. The highest BCUT2D eigenvalue weighted by Gasteiger charge is 2.28. The van der Waals surface area contributed by atoms with Crippen LogP contribution in [0.3, 0.4) is 0 Å². The molecular weight excluding hydrogens is 348 g/mol. The highest BCUT2D eigenvalue weighted by Crippen LogP contribution is 2.25. The fourth-order valence-corrected chi connectivity index (χ4v) is 3.48. The van der Waals surface area contributed by atoms with Gasteiger partial charge in [0, 0.05) is 12.1 Å². The van der Waals surface area contributed by atoms with Crippen molar-refractivity contribution in [3.63, 3.8) is 0 Å². The molecule has 0 heterocycles. The summed E-state index contributed by atoms with van der Waals surface area (Å²) < 4.78 is 31.3. The van der Waals surface area contributed by atoms with Gasteiger partial charge in [-0.3, -0.25) is 19.2 Å². The number of nitro groups is 1. The normalized spacial score (nSPS) is 11.0. The van der Waals surface area contributed by atoms with Crippen LogP contribution in [0.15, 0.2) is 53.4 Å². The van der Waals surface area contributed by atoms with Gasteiger partial charge in [0.15, 0.2) is 0 Å². The average Bonchev–Trinajstić information content (AvgIpc) is 2.60. The molecular formula is C16H16N2O6S. The van der Waals surface area contributed by atoms with Gasteiger partial charge in [-0.2, -0.15) is 0 Å². The number of hydrogen-bond acceptors (Lipinski definition) is 6. The third-order valence-corrected chi connectivity index (χ3v) is 5.25. The molecule has 0 bridgehead atoms. The summed E-state index contributed by atoms with van der Waals surface area (Å²) in [4.78, 5) is 21.6. The Bertz CT molecular complexity index is 876. The molecule has 132 valence electrons. The molecule has 0 atom stereocenters. The Balaban J connectivity index is 2.48. The first kappa shape index (κ1) is 18.4. The Morgan fingerprint density at radius 3 is 2.16 bits per heavy atom. The number of benzene rings is 2. The minimum Gasteiger partial charge on any atom is -0.468 e. The van der Waals surface area contributed by atoms with Gasteiger partial charge in [-0.15, -0.1) is 0 Å². The van der Waals surface area contributed by atoms with Gasteiger partial charge in [-0.25, -0.2) is 8.42 Å². The average molecular weight is 364 g/mol. The second-order valence-corrected chi connectivity index (χ2v) is 7.04. The monoisotopic (exact) mass is 364 g/mol. The van der Waals surface area contributed by atoms with E-state index >= 15 is 0 Å². The number of carbonyl (C=O) groups excluding carboxylic acids is 1. The quantitative estimate of drug-likeness (QED) is 0.442. The molecule has 0 saturated carbocycles. The molecule has 0 aliphatic carbocycles. The summed E-state index contributed by atoms with van der Waals surface area (Å²) in [5, 5.41) is 10.7. The number of nitrogens with zero attached hydrogens (tertiary/aromatic N) is 2. The van der Waals surface area contributed by atoms with E-state index < -0.39 is 27.5 Å². The van der Waals surface area contributed by atoms with Crippen LogP contribution >= 0.6 is 0 Å². The lowest BCUT2D eigenvalue weighted by molar-refractivity contribution is -0.384.